The van der Waals surface area contributed by atoms with Crippen molar-refractivity contribution in [2.24, 2.45) is 0 Å². The molecular weight excluding hydrogens is 312 g/mol. The second-order valence-corrected chi connectivity index (χ2v) is 6.08. The maximum absolute atomic E-state index is 13.9. The molecule has 1 fully saturated rings. The molecule has 3 rings (SSSR count). The Bertz CT molecular complexity index is 721. The molecular formula is C19H19F2NO2. The second-order valence-electron chi connectivity index (χ2n) is 6.08. The Morgan fingerprint density at radius 3 is 2.67 bits per heavy atom. The summed E-state index contributed by atoms with van der Waals surface area (Å²) in [5.41, 5.74) is 0.669. The first-order valence-corrected chi connectivity index (χ1v) is 8.05. The van der Waals surface area contributed by atoms with E-state index in [1.165, 1.54) is 6.07 Å². The first-order valence-electron chi connectivity index (χ1n) is 8.05. The number of likely N-dealkylation sites (tertiary alicyclic amines) is 1. The van der Waals surface area contributed by atoms with Crippen molar-refractivity contribution >= 4 is 5.91 Å². The number of hydrogen-bond donors (Lipinski definition) is 1. The molecule has 1 saturated heterocycles. The molecule has 0 spiro atoms. The van der Waals surface area contributed by atoms with Gasteiger partial charge in [-0.15, -0.1) is 0 Å². The zero-order valence-electron chi connectivity index (χ0n) is 13.2. The van der Waals surface area contributed by atoms with Crippen LogP contribution in [0, 0.1) is 11.6 Å². The van der Waals surface area contributed by atoms with Gasteiger partial charge in [0, 0.05) is 18.7 Å². The van der Waals surface area contributed by atoms with E-state index in [9.17, 15) is 18.7 Å². The molecule has 0 radical (unpaired) electrons. The van der Waals surface area contributed by atoms with Crippen LogP contribution in [0.4, 0.5) is 8.78 Å². The van der Waals surface area contributed by atoms with E-state index in [4.69, 9.17) is 0 Å². The third kappa shape index (κ3) is 3.46. The topological polar surface area (TPSA) is 40.5 Å². The SMILES string of the molecule is O=C(c1ccc(F)cc1F)N1CCCC1CC(O)c1ccccc1. The summed E-state index contributed by atoms with van der Waals surface area (Å²) in [4.78, 5) is 14.2. The number of carbonyl (C=O) groups excluding carboxylic acids is 1. The second kappa shape index (κ2) is 7.09. The molecule has 1 aliphatic rings. The molecule has 0 aromatic heterocycles. The van der Waals surface area contributed by atoms with E-state index in [-0.39, 0.29) is 11.6 Å². The van der Waals surface area contributed by atoms with Crippen molar-refractivity contribution in [3.05, 3.63) is 71.3 Å². The lowest BCUT2D eigenvalue weighted by Crippen LogP contribution is -2.37. The van der Waals surface area contributed by atoms with Crippen molar-refractivity contribution in [2.45, 2.75) is 31.4 Å². The molecule has 0 bridgehead atoms. The summed E-state index contributed by atoms with van der Waals surface area (Å²) in [6.45, 7) is 0.516. The average molecular weight is 331 g/mol. The standard InChI is InChI=1S/C19H19F2NO2/c20-14-8-9-16(17(21)11-14)19(24)22-10-4-7-15(22)12-18(23)13-5-2-1-3-6-13/h1-3,5-6,8-9,11,15,18,23H,4,7,10,12H2. The third-order valence-corrected chi connectivity index (χ3v) is 4.48. The predicted molar refractivity (Wildman–Crippen MR) is 86.4 cm³/mol. The third-order valence-electron chi connectivity index (χ3n) is 4.48. The average Bonchev–Trinajstić information content (AvgIpc) is 3.03. The van der Waals surface area contributed by atoms with Gasteiger partial charge in [-0.2, -0.15) is 0 Å². The van der Waals surface area contributed by atoms with Crippen molar-refractivity contribution in [1.29, 1.82) is 0 Å². The first-order chi connectivity index (χ1) is 11.6. The highest BCUT2D eigenvalue weighted by molar-refractivity contribution is 5.94. The Morgan fingerprint density at radius 2 is 1.96 bits per heavy atom. The van der Waals surface area contributed by atoms with E-state index in [1.54, 1.807) is 4.90 Å². The fourth-order valence-corrected chi connectivity index (χ4v) is 3.23. The lowest BCUT2D eigenvalue weighted by Gasteiger charge is -2.27. The molecule has 2 unspecified atom stereocenters. The minimum atomic E-state index is -0.853. The quantitative estimate of drug-likeness (QED) is 0.928. The number of aliphatic hydroxyl groups is 1. The zero-order valence-corrected chi connectivity index (χ0v) is 13.2. The molecule has 5 heteroatoms. The smallest absolute Gasteiger partial charge is 0.257 e. The maximum atomic E-state index is 13.9. The summed E-state index contributed by atoms with van der Waals surface area (Å²) in [6, 6.07) is 12.1. The Labute approximate surface area is 139 Å². The maximum Gasteiger partial charge on any atom is 0.257 e. The van der Waals surface area contributed by atoms with Gasteiger partial charge in [0.1, 0.15) is 11.6 Å². The Kier molecular flexibility index (Phi) is 4.90. The van der Waals surface area contributed by atoms with Crippen LogP contribution in [0.3, 0.4) is 0 Å². The Hall–Kier alpha value is -2.27. The van der Waals surface area contributed by atoms with E-state index in [0.29, 0.717) is 13.0 Å². The highest BCUT2D eigenvalue weighted by atomic mass is 19.1. The van der Waals surface area contributed by atoms with Crippen LogP contribution >= 0.6 is 0 Å². The summed E-state index contributed by atoms with van der Waals surface area (Å²) in [5.74, 6) is -2.01. The van der Waals surface area contributed by atoms with Gasteiger partial charge in [0.25, 0.3) is 5.91 Å². The van der Waals surface area contributed by atoms with Crippen LogP contribution in [0.25, 0.3) is 0 Å². The van der Waals surface area contributed by atoms with Gasteiger partial charge >= 0.3 is 0 Å². The van der Waals surface area contributed by atoms with Crippen molar-refractivity contribution < 1.29 is 18.7 Å². The van der Waals surface area contributed by atoms with Crippen molar-refractivity contribution in [3.63, 3.8) is 0 Å². The lowest BCUT2D eigenvalue weighted by atomic mass is 10.00. The van der Waals surface area contributed by atoms with Crippen LogP contribution in [-0.2, 0) is 0 Å². The highest BCUT2D eigenvalue weighted by Gasteiger charge is 2.32. The number of nitrogens with zero attached hydrogens (tertiary/aromatic N) is 1. The van der Waals surface area contributed by atoms with Gasteiger partial charge in [-0.25, -0.2) is 8.78 Å². The van der Waals surface area contributed by atoms with Crippen molar-refractivity contribution in [2.75, 3.05) is 6.54 Å². The van der Waals surface area contributed by atoms with Gasteiger partial charge in [-0.1, -0.05) is 30.3 Å². The molecule has 1 aliphatic heterocycles. The fraction of sp³-hybridized carbons (Fsp3) is 0.316. The van der Waals surface area contributed by atoms with E-state index < -0.39 is 23.6 Å². The fourth-order valence-electron chi connectivity index (χ4n) is 3.23. The number of amides is 1. The van der Waals surface area contributed by atoms with Crippen LogP contribution in [0.1, 0.15) is 41.3 Å². The van der Waals surface area contributed by atoms with Crippen LogP contribution in [0.15, 0.2) is 48.5 Å². The van der Waals surface area contributed by atoms with Gasteiger partial charge in [-0.3, -0.25) is 4.79 Å². The number of aliphatic hydroxyl groups excluding tert-OH is 1. The molecule has 1 N–H and O–H groups in total. The number of hydrogen-bond acceptors (Lipinski definition) is 2. The normalized spacial score (nSPS) is 18.6. The van der Waals surface area contributed by atoms with Crippen LogP contribution in [0.2, 0.25) is 0 Å². The number of carbonyl (C=O) groups is 1. The van der Waals surface area contributed by atoms with Gasteiger partial charge in [-0.05, 0) is 37.0 Å². The molecule has 2 aromatic carbocycles. The summed E-state index contributed by atoms with van der Waals surface area (Å²) in [5, 5.41) is 10.4. The molecule has 1 amide bonds. The number of rotatable bonds is 4. The molecule has 2 aromatic rings. The predicted octanol–water partition coefficient (Wildman–Crippen LogP) is 3.69. The molecule has 1 heterocycles. The van der Waals surface area contributed by atoms with Crippen LogP contribution < -0.4 is 0 Å². The van der Waals surface area contributed by atoms with Crippen LogP contribution in [-0.4, -0.2) is 28.5 Å². The monoisotopic (exact) mass is 331 g/mol. The van der Waals surface area contributed by atoms with Crippen LogP contribution in [0.5, 0.6) is 0 Å². The van der Waals surface area contributed by atoms with Crippen molar-refractivity contribution in [1.82, 2.24) is 4.90 Å². The van der Waals surface area contributed by atoms with E-state index in [2.05, 4.69) is 0 Å². The van der Waals surface area contributed by atoms with Crippen molar-refractivity contribution in [3.8, 4) is 0 Å². The van der Waals surface area contributed by atoms with E-state index >= 15 is 0 Å². The highest BCUT2D eigenvalue weighted by Crippen LogP contribution is 2.29. The minimum absolute atomic E-state index is 0.127. The largest absolute Gasteiger partial charge is 0.388 e. The molecule has 0 saturated carbocycles. The van der Waals surface area contributed by atoms with Gasteiger partial charge in [0.15, 0.2) is 0 Å². The van der Waals surface area contributed by atoms with Gasteiger partial charge in [0.2, 0.25) is 0 Å². The number of halogens is 2. The Balaban J connectivity index is 1.74. The molecule has 3 nitrogen and oxygen atoms in total. The van der Waals surface area contributed by atoms with Gasteiger partial charge in [0.05, 0.1) is 11.7 Å². The molecule has 0 aliphatic carbocycles. The summed E-state index contributed by atoms with van der Waals surface area (Å²) < 4.78 is 26.9. The summed E-state index contributed by atoms with van der Waals surface area (Å²) >= 11 is 0. The van der Waals surface area contributed by atoms with E-state index in [0.717, 1.165) is 30.5 Å². The minimum Gasteiger partial charge on any atom is -0.388 e. The van der Waals surface area contributed by atoms with E-state index in [1.807, 2.05) is 30.3 Å². The summed E-state index contributed by atoms with van der Waals surface area (Å²) in [7, 11) is 0. The molecule has 2 atom stereocenters. The number of benzene rings is 2. The summed E-state index contributed by atoms with van der Waals surface area (Å²) in [6.07, 6.45) is 1.29. The lowest BCUT2D eigenvalue weighted by molar-refractivity contribution is 0.0662. The zero-order chi connectivity index (χ0) is 17.1. The Morgan fingerprint density at radius 1 is 1.21 bits per heavy atom. The van der Waals surface area contributed by atoms with Gasteiger partial charge < -0.3 is 10.0 Å². The molecule has 24 heavy (non-hydrogen) atoms. The first kappa shape index (κ1) is 16.6. The molecule has 126 valence electrons.